The third-order valence-electron chi connectivity index (χ3n) is 6.33. The van der Waals surface area contributed by atoms with Gasteiger partial charge in [0.25, 0.3) is 0 Å². The van der Waals surface area contributed by atoms with Gasteiger partial charge in [-0.2, -0.15) is 0 Å². The van der Waals surface area contributed by atoms with Crippen LogP contribution in [0.25, 0.3) is 0 Å². The molecule has 4 rings (SSSR count). The quantitative estimate of drug-likeness (QED) is 0.535. The van der Waals surface area contributed by atoms with Crippen molar-refractivity contribution < 1.29 is 18.4 Å². The van der Waals surface area contributed by atoms with Gasteiger partial charge < -0.3 is 10.2 Å². The van der Waals surface area contributed by atoms with Crippen LogP contribution in [0, 0.1) is 5.82 Å². The largest absolute Gasteiger partial charge is 0.343 e. The van der Waals surface area contributed by atoms with Gasteiger partial charge in [0.1, 0.15) is 18.0 Å². The number of rotatable bonds is 7. The summed E-state index contributed by atoms with van der Waals surface area (Å²) >= 11 is 0. The molecule has 0 spiro atoms. The number of nitrogens with one attached hydrogen (secondary N) is 1. The molecule has 0 saturated carbocycles. The number of halogens is 2. The highest BCUT2D eigenvalue weighted by Gasteiger charge is 2.40. The van der Waals surface area contributed by atoms with Crippen LogP contribution in [0.15, 0.2) is 72.9 Å². The Morgan fingerprint density at radius 2 is 1.80 bits per heavy atom. The monoisotopic (exact) mass is 477 g/mol. The number of likely N-dealkylation sites (tertiary alicyclic amines) is 1. The van der Waals surface area contributed by atoms with Gasteiger partial charge in [0.05, 0.1) is 19.0 Å². The first-order chi connectivity index (χ1) is 16.8. The number of hydrogen-bond donors (Lipinski definition) is 1. The van der Waals surface area contributed by atoms with Gasteiger partial charge in [0.2, 0.25) is 11.8 Å². The number of alkyl halides is 1. The first-order valence-electron chi connectivity index (χ1n) is 11.8. The van der Waals surface area contributed by atoms with Crippen molar-refractivity contribution in [3.63, 3.8) is 0 Å². The number of pyridine rings is 1. The van der Waals surface area contributed by atoms with Gasteiger partial charge in [-0.25, -0.2) is 8.78 Å². The molecule has 2 heterocycles. The summed E-state index contributed by atoms with van der Waals surface area (Å²) < 4.78 is 29.2. The highest BCUT2D eigenvalue weighted by Crippen LogP contribution is 2.28. The number of carbonyl (C=O) groups excluding carboxylic acids is 2. The highest BCUT2D eigenvalue weighted by atomic mass is 19.1. The lowest BCUT2D eigenvalue weighted by atomic mass is 9.94. The van der Waals surface area contributed by atoms with Gasteiger partial charge in [-0.1, -0.05) is 62.4 Å². The molecule has 0 unspecified atom stereocenters. The topological polar surface area (TPSA) is 62.3 Å². The van der Waals surface area contributed by atoms with Crippen molar-refractivity contribution in [2.45, 2.75) is 50.9 Å². The molecule has 1 aliphatic heterocycles. The van der Waals surface area contributed by atoms with Crippen LogP contribution in [0.3, 0.4) is 0 Å². The number of amides is 2. The lowest BCUT2D eigenvalue weighted by Crippen LogP contribution is -2.47. The van der Waals surface area contributed by atoms with Gasteiger partial charge in [-0.3, -0.25) is 14.6 Å². The third-order valence-corrected chi connectivity index (χ3v) is 6.33. The minimum Gasteiger partial charge on any atom is -0.343 e. The Morgan fingerprint density at radius 3 is 2.46 bits per heavy atom. The van der Waals surface area contributed by atoms with Crippen LogP contribution in [-0.4, -0.2) is 40.5 Å². The van der Waals surface area contributed by atoms with Gasteiger partial charge in [0, 0.05) is 18.3 Å². The fourth-order valence-electron chi connectivity index (χ4n) is 4.50. The van der Waals surface area contributed by atoms with Crippen molar-refractivity contribution in [2.75, 3.05) is 6.54 Å². The number of carbonyl (C=O) groups is 2. The second kappa shape index (κ2) is 10.8. The molecule has 7 heteroatoms. The summed E-state index contributed by atoms with van der Waals surface area (Å²) in [6.45, 7) is 3.69. The molecule has 1 saturated heterocycles. The minimum atomic E-state index is -1.30. The zero-order valence-electron chi connectivity index (χ0n) is 19.8. The zero-order valence-corrected chi connectivity index (χ0v) is 19.8. The van der Waals surface area contributed by atoms with E-state index < -0.39 is 24.2 Å². The van der Waals surface area contributed by atoms with E-state index in [2.05, 4.69) is 10.3 Å². The molecule has 3 atom stereocenters. The van der Waals surface area contributed by atoms with E-state index in [9.17, 15) is 18.4 Å². The van der Waals surface area contributed by atoms with Crippen molar-refractivity contribution >= 4 is 11.8 Å². The van der Waals surface area contributed by atoms with Gasteiger partial charge in [-0.05, 0) is 40.8 Å². The van der Waals surface area contributed by atoms with E-state index in [1.807, 2.05) is 44.2 Å². The summed E-state index contributed by atoms with van der Waals surface area (Å²) in [4.78, 5) is 31.8. The lowest BCUT2D eigenvalue weighted by Gasteiger charge is -2.27. The number of hydrogen-bond acceptors (Lipinski definition) is 3. The van der Waals surface area contributed by atoms with Crippen molar-refractivity contribution in [2.24, 2.45) is 0 Å². The van der Waals surface area contributed by atoms with Crippen molar-refractivity contribution in [1.82, 2.24) is 15.2 Å². The maximum atomic E-state index is 14.8. The Hall–Kier alpha value is -3.61. The molecule has 0 bridgehead atoms. The SMILES string of the molecule is CC(C)c1ccc([C@@H](NC(=O)[C@@H]2C[C@@H](F)CN2C(=O)Cc2ccccn2)c2ccccc2)cc1F. The molecule has 0 radical (unpaired) electrons. The second-order valence-electron chi connectivity index (χ2n) is 9.18. The average molecular weight is 478 g/mol. The predicted molar refractivity (Wildman–Crippen MR) is 130 cm³/mol. The van der Waals surface area contributed by atoms with Crippen LogP contribution >= 0.6 is 0 Å². The van der Waals surface area contributed by atoms with Crippen LogP contribution in [0.2, 0.25) is 0 Å². The van der Waals surface area contributed by atoms with E-state index in [4.69, 9.17) is 0 Å². The normalized spacial score (nSPS) is 18.5. The molecule has 5 nitrogen and oxygen atoms in total. The van der Waals surface area contributed by atoms with Crippen LogP contribution < -0.4 is 5.32 Å². The number of nitrogens with zero attached hydrogens (tertiary/aromatic N) is 2. The molecule has 1 N–H and O–H groups in total. The Labute approximate surface area is 204 Å². The molecule has 1 fully saturated rings. The molecule has 1 aromatic heterocycles. The predicted octanol–water partition coefficient (Wildman–Crippen LogP) is 4.73. The van der Waals surface area contributed by atoms with Crippen molar-refractivity contribution in [3.8, 4) is 0 Å². The van der Waals surface area contributed by atoms with E-state index in [0.29, 0.717) is 16.8 Å². The summed E-state index contributed by atoms with van der Waals surface area (Å²) in [5.41, 5.74) is 2.49. The fraction of sp³-hybridized carbons (Fsp3) is 0.321. The van der Waals surface area contributed by atoms with E-state index in [1.54, 1.807) is 36.5 Å². The highest BCUT2D eigenvalue weighted by molar-refractivity contribution is 5.89. The molecule has 2 amide bonds. The molecule has 35 heavy (non-hydrogen) atoms. The molecule has 1 aliphatic rings. The summed E-state index contributed by atoms with van der Waals surface area (Å²) in [7, 11) is 0. The average Bonchev–Trinajstić information content (AvgIpc) is 3.25. The Bertz CT molecular complexity index is 1170. The van der Waals surface area contributed by atoms with Crippen molar-refractivity contribution in [1.29, 1.82) is 0 Å². The Morgan fingerprint density at radius 1 is 1.06 bits per heavy atom. The molecule has 182 valence electrons. The summed E-state index contributed by atoms with van der Waals surface area (Å²) in [6.07, 6.45) is 0.197. The molecular formula is C28H29F2N3O2. The zero-order chi connectivity index (χ0) is 24.9. The summed E-state index contributed by atoms with van der Waals surface area (Å²) in [6, 6.07) is 17.8. The maximum absolute atomic E-state index is 14.8. The maximum Gasteiger partial charge on any atom is 0.243 e. The van der Waals surface area contributed by atoms with Crippen LogP contribution in [0.5, 0.6) is 0 Å². The van der Waals surface area contributed by atoms with Crippen LogP contribution in [0.1, 0.15) is 54.6 Å². The summed E-state index contributed by atoms with van der Waals surface area (Å²) in [5, 5.41) is 2.95. The van der Waals surface area contributed by atoms with E-state index in [1.165, 1.54) is 11.0 Å². The number of aromatic nitrogens is 1. The first kappa shape index (κ1) is 24.5. The third kappa shape index (κ3) is 5.73. The van der Waals surface area contributed by atoms with Gasteiger partial charge >= 0.3 is 0 Å². The minimum absolute atomic E-state index is 0.0126. The smallest absolute Gasteiger partial charge is 0.243 e. The Balaban J connectivity index is 1.58. The summed E-state index contributed by atoms with van der Waals surface area (Å²) in [5.74, 6) is -1.15. The van der Waals surface area contributed by atoms with Gasteiger partial charge in [0.15, 0.2) is 0 Å². The molecule has 2 aromatic carbocycles. The molecule has 3 aromatic rings. The van der Waals surface area contributed by atoms with Crippen molar-refractivity contribution in [3.05, 3.63) is 101 Å². The molecular weight excluding hydrogens is 448 g/mol. The van der Waals surface area contributed by atoms with E-state index in [0.717, 1.165) is 5.56 Å². The van der Waals surface area contributed by atoms with E-state index >= 15 is 0 Å². The standard InChI is InChI=1S/C28H29F2N3O2/c1-18(2)23-12-11-20(14-24(23)30)27(19-8-4-3-5-9-19)32-28(35)25-15-21(29)17-33(25)26(34)16-22-10-6-7-13-31-22/h3-14,18,21,25,27H,15-17H2,1-2H3,(H,32,35)/t21-,25+,27+/m1/s1. The Kier molecular flexibility index (Phi) is 7.54. The van der Waals surface area contributed by atoms with E-state index in [-0.39, 0.29) is 37.0 Å². The first-order valence-corrected chi connectivity index (χ1v) is 11.8. The number of benzene rings is 2. The van der Waals surface area contributed by atoms with Crippen LogP contribution in [0.4, 0.5) is 8.78 Å². The lowest BCUT2D eigenvalue weighted by molar-refractivity contribution is -0.138. The second-order valence-corrected chi connectivity index (χ2v) is 9.18. The molecule has 0 aliphatic carbocycles. The fourth-order valence-corrected chi connectivity index (χ4v) is 4.50. The van der Waals surface area contributed by atoms with Gasteiger partial charge in [-0.15, -0.1) is 0 Å². The van der Waals surface area contributed by atoms with Crippen LogP contribution in [-0.2, 0) is 16.0 Å².